The van der Waals surface area contributed by atoms with Crippen molar-refractivity contribution in [1.29, 1.82) is 0 Å². The van der Waals surface area contributed by atoms with Crippen LogP contribution in [-0.2, 0) is 23.9 Å². The Morgan fingerprint density at radius 2 is 1.71 bits per heavy atom. The first kappa shape index (κ1) is 24.1. The fourth-order valence-electron chi connectivity index (χ4n) is 3.58. The topological polar surface area (TPSA) is 139 Å². The fourth-order valence-corrected chi connectivity index (χ4v) is 5.11. The number of nitrogens with zero attached hydrogens (tertiary/aromatic N) is 3. The maximum Gasteiger partial charge on any atom is 0.498 e. The van der Waals surface area contributed by atoms with Gasteiger partial charge in [-0.05, 0) is 46.5 Å². The molecule has 2 saturated heterocycles. The molecule has 0 saturated carbocycles. The molecule has 1 unspecified atom stereocenters. The van der Waals surface area contributed by atoms with E-state index >= 15 is 0 Å². The Morgan fingerprint density at radius 1 is 1.19 bits per heavy atom. The molecule has 0 aliphatic carbocycles. The molecule has 3 heterocycles. The maximum absolute atomic E-state index is 12.8. The quantitative estimate of drug-likeness (QED) is 0.414. The van der Waals surface area contributed by atoms with Gasteiger partial charge in [-0.3, -0.25) is 4.79 Å². The second-order valence-electron chi connectivity index (χ2n) is 9.14. The van der Waals surface area contributed by atoms with Gasteiger partial charge in [0.05, 0.1) is 23.6 Å². The number of sulfone groups is 1. The smallest absolute Gasteiger partial charge is 0.399 e. The molecule has 0 radical (unpaired) electrons. The number of rotatable bonds is 6. The molecule has 172 valence electrons. The third-order valence-corrected chi connectivity index (χ3v) is 7.97. The largest absolute Gasteiger partial charge is 0.498 e. The van der Waals surface area contributed by atoms with Crippen molar-refractivity contribution >= 4 is 28.3 Å². The van der Waals surface area contributed by atoms with Gasteiger partial charge in [0.1, 0.15) is 0 Å². The van der Waals surface area contributed by atoms with Gasteiger partial charge in [-0.15, -0.1) is 0 Å². The van der Waals surface area contributed by atoms with Gasteiger partial charge in [0, 0.05) is 30.9 Å². The van der Waals surface area contributed by atoms with Gasteiger partial charge in [-0.2, -0.15) is 0 Å². The lowest BCUT2D eigenvalue weighted by molar-refractivity contribution is -0.143. The molecule has 3 rings (SSSR count). The molecule has 1 aromatic heterocycles. The Labute approximate surface area is 183 Å². The number of amides is 1. The van der Waals surface area contributed by atoms with E-state index in [0.717, 1.165) is 0 Å². The van der Waals surface area contributed by atoms with E-state index in [1.807, 2.05) is 27.7 Å². The Balaban J connectivity index is 1.60. The Hall–Kier alpha value is -1.60. The summed E-state index contributed by atoms with van der Waals surface area (Å²) in [6.45, 7) is 7.74. The predicted molar refractivity (Wildman–Crippen MR) is 112 cm³/mol. The standard InChI is InChI=1S/C19H30BN3O7S/c1-18(2)19(3,4)30-20(29-18)14-9-21-17(22-10-14)31(27,28)12-13-5-7-23(8-6-13)16(26)15(25)11-24/h9-10,13,15,24-25H,5-8,11-12H2,1-4H3. The number of likely N-dealkylation sites (tertiary alicyclic amines) is 1. The SMILES string of the molecule is CC1(C)OB(c2cnc(S(=O)(=O)CC3CCN(C(=O)C(O)CO)CC3)nc2)OC1(C)C. The van der Waals surface area contributed by atoms with Crippen LogP contribution in [0.1, 0.15) is 40.5 Å². The monoisotopic (exact) mass is 455 g/mol. The molecule has 2 N–H and O–H groups in total. The second-order valence-corrected chi connectivity index (χ2v) is 11.1. The van der Waals surface area contributed by atoms with Gasteiger partial charge < -0.3 is 24.4 Å². The van der Waals surface area contributed by atoms with Gasteiger partial charge >= 0.3 is 7.12 Å². The van der Waals surface area contributed by atoms with Crippen LogP contribution >= 0.6 is 0 Å². The third kappa shape index (κ3) is 5.09. The van der Waals surface area contributed by atoms with Crippen molar-refractivity contribution in [3.05, 3.63) is 12.4 Å². The van der Waals surface area contributed by atoms with Crippen molar-refractivity contribution in [1.82, 2.24) is 14.9 Å². The molecule has 0 bridgehead atoms. The normalized spacial score (nSPS) is 22.5. The van der Waals surface area contributed by atoms with Crippen LogP contribution in [0.15, 0.2) is 17.6 Å². The summed E-state index contributed by atoms with van der Waals surface area (Å²) in [6, 6.07) is 0. The fraction of sp³-hybridized carbons (Fsp3) is 0.737. The molecule has 0 spiro atoms. The number of hydrogen-bond donors (Lipinski definition) is 2. The number of piperidine rings is 1. The lowest BCUT2D eigenvalue weighted by Crippen LogP contribution is -2.45. The van der Waals surface area contributed by atoms with Crippen molar-refractivity contribution in [3.8, 4) is 0 Å². The molecule has 2 fully saturated rings. The minimum absolute atomic E-state index is 0.118. The lowest BCUT2D eigenvalue weighted by atomic mass is 9.81. The van der Waals surface area contributed by atoms with E-state index in [0.29, 0.717) is 31.4 Å². The highest BCUT2D eigenvalue weighted by Crippen LogP contribution is 2.36. The summed E-state index contributed by atoms with van der Waals surface area (Å²) in [6.07, 6.45) is 2.36. The van der Waals surface area contributed by atoms with Crippen molar-refractivity contribution < 1.29 is 32.7 Å². The molecule has 10 nitrogen and oxygen atoms in total. The van der Waals surface area contributed by atoms with Gasteiger partial charge in [0.15, 0.2) is 6.10 Å². The minimum Gasteiger partial charge on any atom is -0.399 e. The highest BCUT2D eigenvalue weighted by Gasteiger charge is 2.52. The molecule has 12 heteroatoms. The van der Waals surface area contributed by atoms with Gasteiger partial charge in [-0.1, -0.05) is 0 Å². The van der Waals surface area contributed by atoms with Crippen molar-refractivity contribution in [2.24, 2.45) is 5.92 Å². The molecule has 0 aromatic carbocycles. The zero-order chi connectivity index (χ0) is 23.0. The number of aliphatic hydroxyl groups excluding tert-OH is 2. The van der Waals surface area contributed by atoms with Crippen molar-refractivity contribution in [3.63, 3.8) is 0 Å². The maximum atomic E-state index is 12.8. The first-order valence-corrected chi connectivity index (χ1v) is 12.0. The van der Waals surface area contributed by atoms with Gasteiger partial charge in [0.2, 0.25) is 15.0 Å². The van der Waals surface area contributed by atoms with Gasteiger partial charge in [0.25, 0.3) is 5.91 Å². The van der Waals surface area contributed by atoms with Crippen LogP contribution in [0.25, 0.3) is 0 Å². The highest BCUT2D eigenvalue weighted by molar-refractivity contribution is 7.91. The van der Waals surface area contributed by atoms with E-state index in [1.165, 1.54) is 17.3 Å². The van der Waals surface area contributed by atoms with Crippen LogP contribution in [0.5, 0.6) is 0 Å². The van der Waals surface area contributed by atoms with E-state index in [-0.39, 0.29) is 16.8 Å². The molecule has 2 aliphatic heterocycles. The van der Waals surface area contributed by atoms with E-state index in [1.54, 1.807) is 0 Å². The number of carbonyl (C=O) groups excluding carboxylic acids is 1. The Bertz CT molecular complexity index is 884. The zero-order valence-electron chi connectivity index (χ0n) is 18.3. The Morgan fingerprint density at radius 3 is 2.19 bits per heavy atom. The average Bonchev–Trinajstić information content (AvgIpc) is 2.94. The van der Waals surface area contributed by atoms with Crippen LogP contribution < -0.4 is 5.46 Å². The van der Waals surface area contributed by atoms with E-state index in [4.69, 9.17) is 14.4 Å². The van der Waals surface area contributed by atoms with Crippen LogP contribution in [-0.4, -0.2) is 89.3 Å². The summed E-state index contributed by atoms with van der Waals surface area (Å²) in [7, 11) is -4.37. The van der Waals surface area contributed by atoms with Crippen LogP contribution in [0, 0.1) is 5.92 Å². The van der Waals surface area contributed by atoms with Crippen LogP contribution in [0.2, 0.25) is 0 Å². The number of aliphatic hydroxyl groups is 2. The summed E-state index contributed by atoms with van der Waals surface area (Å²) in [5.41, 5.74) is -0.496. The number of carbonyl (C=O) groups is 1. The molecule has 1 atom stereocenters. The third-order valence-electron chi connectivity index (χ3n) is 6.29. The first-order valence-electron chi connectivity index (χ1n) is 10.3. The molecular formula is C19H30BN3O7S. The van der Waals surface area contributed by atoms with E-state index < -0.39 is 46.8 Å². The Kier molecular flexibility index (Phi) is 6.78. The molecular weight excluding hydrogens is 425 g/mol. The van der Waals surface area contributed by atoms with Crippen LogP contribution in [0.3, 0.4) is 0 Å². The van der Waals surface area contributed by atoms with Crippen molar-refractivity contribution in [2.45, 2.75) is 63.0 Å². The zero-order valence-corrected chi connectivity index (χ0v) is 19.1. The average molecular weight is 455 g/mol. The van der Waals surface area contributed by atoms with Crippen LogP contribution in [0.4, 0.5) is 0 Å². The van der Waals surface area contributed by atoms with Crippen molar-refractivity contribution in [2.75, 3.05) is 25.4 Å². The number of aromatic nitrogens is 2. The summed E-state index contributed by atoms with van der Waals surface area (Å²) in [5.74, 6) is -0.801. The molecule has 1 amide bonds. The first-order chi connectivity index (χ1) is 14.4. The summed E-state index contributed by atoms with van der Waals surface area (Å²) >= 11 is 0. The predicted octanol–water partition coefficient (Wildman–Crippen LogP) is -0.859. The van der Waals surface area contributed by atoms with E-state index in [2.05, 4.69) is 9.97 Å². The highest BCUT2D eigenvalue weighted by atomic mass is 32.2. The molecule has 1 aromatic rings. The van der Waals surface area contributed by atoms with E-state index in [9.17, 15) is 18.3 Å². The summed E-state index contributed by atoms with van der Waals surface area (Å²) in [4.78, 5) is 21.5. The summed E-state index contributed by atoms with van der Waals surface area (Å²) in [5, 5.41) is 18.1. The molecule has 2 aliphatic rings. The summed E-state index contributed by atoms with van der Waals surface area (Å²) < 4.78 is 37.4. The minimum atomic E-state index is -3.70. The second kappa shape index (κ2) is 8.74. The lowest BCUT2D eigenvalue weighted by Gasteiger charge is -2.32. The molecule has 31 heavy (non-hydrogen) atoms. The van der Waals surface area contributed by atoms with Gasteiger partial charge in [-0.25, -0.2) is 18.4 Å². The number of hydrogen-bond acceptors (Lipinski definition) is 9.